The second-order valence-electron chi connectivity index (χ2n) is 6.59. The van der Waals surface area contributed by atoms with E-state index in [0.29, 0.717) is 21.4 Å². The zero-order chi connectivity index (χ0) is 20.4. The van der Waals surface area contributed by atoms with Crippen LogP contribution in [0.5, 0.6) is 5.75 Å². The maximum atomic E-state index is 13.2. The number of halogens is 1. The van der Waals surface area contributed by atoms with E-state index in [4.69, 9.17) is 28.6 Å². The summed E-state index contributed by atoms with van der Waals surface area (Å²) in [5.74, 6) is 0.580. The van der Waals surface area contributed by atoms with E-state index in [0.717, 1.165) is 17.0 Å². The molecule has 1 amide bonds. The lowest BCUT2D eigenvalue weighted by atomic mass is 9.93. The molecule has 0 saturated carbocycles. The highest BCUT2D eigenvalue weighted by atomic mass is 35.5. The van der Waals surface area contributed by atoms with Crippen LogP contribution in [-0.2, 0) is 4.79 Å². The molecule has 7 heteroatoms. The Morgan fingerprint density at radius 3 is 2.29 bits per heavy atom. The zero-order valence-corrected chi connectivity index (χ0v) is 17.8. The van der Waals surface area contributed by atoms with Crippen molar-refractivity contribution in [3.05, 3.63) is 70.4 Å². The van der Waals surface area contributed by atoms with E-state index in [-0.39, 0.29) is 11.9 Å². The fourth-order valence-electron chi connectivity index (χ4n) is 3.26. The van der Waals surface area contributed by atoms with E-state index >= 15 is 0 Å². The molecule has 0 radical (unpaired) electrons. The van der Waals surface area contributed by atoms with E-state index in [9.17, 15) is 4.79 Å². The minimum atomic E-state index is -0.304. The van der Waals surface area contributed by atoms with Crippen LogP contribution in [0.1, 0.15) is 18.5 Å². The van der Waals surface area contributed by atoms with Gasteiger partial charge in [-0.25, -0.2) is 0 Å². The number of carbonyl (C=O) groups excluding carboxylic acids is 1. The maximum Gasteiger partial charge on any atom is 0.255 e. The minimum absolute atomic E-state index is 0.179. The number of allylic oxidation sites excluding steroid dienone is 1. The van der Waals surface area contributed by atoms with E-state index < -0.39 is 0 Å². The number of hydrogen-bond acceptors (Lipinski definition) is 3. The molecule has 0 unspecified atom stereocenters. The smallest absolute Gasteiger partial charge is 0.255 e. The average molecular weight is 416 g/mol. The molecule has 28 heavy (non-hydrogen) atoms. The summed E-state index contributed by atoms with van der Waals surface area (Å²) >= 11 is 11.5. The Labute approximate surface area is 175 Å². The van der Waals surface area contributed by atoms with Gasteiger partial charge in [0.1, 0.15) is 5.75 Å². The van der Waals surface area contributed by atoms with Crippen LogP contribution in [0.15, 0.2) is 59.8 Å². The number of likely N-dealkylation sites (N-methyl/N-ethyl adjacent to an activating group) is 1. The highest BCUT2D eigenvalue weighted by Crippen LogP contribution is 2.36. The van der Waals surface area contributed by atoms with Crippen LogP contribution >= 0.6 is 23.8 Å². The molecule has 1 N–H and O–H groups in total. The molecule has 0 aliphatic carbocycles. The molecule has 146 valence electrons. The lowest BCUT2D eigenvalue weighted by Crippen LogP contribution is -2.47. The Morgan fingerprint density at radius 2 is 1.71 bits per heavy atom. The highest BCUT2D eigenvalue weighted by molar-refractivity contribution is 7.80. The Hall–Kier alpha value is -2.57. The highest BCUT2D eigenvalue weighted by Gasteiger charge is 2.36. The molecule has 1 atom stereocenters. The molecule has 2 aromatic rings. The van der Waals surface area contributed by atoms with Gasteiger partial charge < -0.3 is 19.9 Å². The number of benzene rings is 2. The topological polar surface area (TPSA) is 44.8 Å². The van der Waals surface area contributed by atoms with Crippen molar-refractivity contribution in [1.29, 1.82) is 0 Å². The quantitative estimate of drug-likeness (QED) is 0.746. The standard InChI is InChI=1S/C21H22ClN3O2S/c1-13-18(20(26)23-16-9-7-15(22)8-10-16)19(25(3)21(28)24(13)2)14-5-11-17(27-4)12-6-14/h5-12,19H,1-4H3,(H,23,26)/t19-/m0/s1. The summed E-state index contributed by atoms with van der Waals surface area (Å²) in [4.78, 5) is 17.0. The number of methoxy groups -OCH3 is 1. The normalized spacial score (nSPS) is 17.0. The molecular formula is C21H22ClN3O2S. The van der Waals surface area contributed by atoms with E-state index in [2.05, 4.69) is 5.32 Å². The number of hydrogen-bond donors (Lipinski definition) is 1. The van der Waals surface area contributed by atoms with Gasteiger partial charge in [-0.3, -0.25) is 4.79 Å². The third kappa shape index (κ3) is 3.84. The van der Waals surface area contributed by atoms with Crippen molar-refractivity contribution in [3.8, 4) is 5.75 Å². The van der Waals surface area contributed by atoms with Crippen molar-refractivity contribution < 1.29 is 9.53 Å². The lowest BCUT2D eigenvalue weighted by molar-refractivity contribution is -0.113. The van der Waals surface area contributed by atoms with Crippen molar-refractivity contribution in [2.75, 3.05) is 26.5 Å². The van der Waals surface area contributed by atoms with Crippen molar-refractivity contribution in [2.45, 2.75) is 13.0 Å². The third-order valence-electron chi connectivity index (χ3n) is 4.92. The third-order valence-corrected chi connectivity index (χ3v) is 5.73. The molecule has 0 spiro atoms. The first-order valence-corrected chi connectivity index (χ1v) is 9.54. The Bertz CT molecular complexity index is 926. The van der Waals surface area contributed by atoms with Gasteiger partial charge in [-0.15, -0.1) is 0 Å². The zero-order valence-electron chi connectivity index (χ0n) is 16.2. The second kappa shape index (κ2) is 8.20. The number of nitrogens with zero attached hydrogens (tertiary/aromatic N) is 2. The van der Waals surface area contributed by atoms with Crippen molar-refractivity contribution in [2.24, 2.45) is 0 Å². The minimum Gasteiger partial charge on any atom is -0.497 e. The average Bonchev–Trinajstić information content (AvgIpc) is 2.70. The van der Waals surface area contributed by atoms with Gasteiger partial charge in [0, 0.05) is 30.5 Å². The number of thiocarbonyl (C=S) groups is 1. The molecule has 3 rings (SSSR count). The van der Waals surface area contributed by atoms with Gasteiger partial charge in [-0.1, -0.05) is 23.7 Å². The molecule has 0 aromatic heterocycles. The van der Waals surface area contributed by atoms with Crippen molar-refractivity contribution in [1.82, 2.24) is 9.80 Å². The van der Waals surface area contributed by atoms with Gasteiger partial charge in [-0.05, 0) is 61.1 Å². The molecule has 1 heterocycles. The number of amides is 1. The van der Waals surface area contributed by atoms with Crippen LogP contribution in [0.2, 0.25) is 5.02 Å². The summed E-state index contributed by atoms with van der Waals surface area (Å²) in [6, 6.07) is 14.4. The fourth-order valence-corrected chi connectivity index (χ4v) is 3.63. The van der Waals surface area contributed by atoms with Crippen LogP contribution in [-0.4, -0.2) is 42.0 Å². The summed E-state index contributed by atoms with van der Waals surface area (Å²) in [7, 11) is 5.39. The monoisotopic (exact) mass is 415 g/mol. The number of nitrogens with one attached hydrogen (secondary N) is 1. The number of anilines is 1. The predicted molar refractivity (Wildman–Crippen MR) is 117 cm³/mol. The van der Waals surface area contributed by atoms with Crippen LogP contribution in [0.4, 0.5) is 5.69 Å². The molecular weight excluding hydrogens is 394 g/mol. The van der Waals surface area contributed by atoms with Gasteiger partial charge in [0.25, 0.3) is 5.91 Å². The summed E-state index contributed by atoms with van der Waals surface area (Å²) in [6.07, 6.45) is 0. The van der Waals surface area contributed by atoms with Gasteiger partial charge in [0.2, 0.25) is 0 Å². The second-order valence-corrected chi connectivity index (χ2v) is 7.39. The van der Waals surface area contributed by atoms with Gasteiger partial charge in [0.05, 0.1) is 18.7 Å². The van der Waals surface area contributed by atoms with Crippen LogP contribution < -0.4 is 10.1 Å². The van der Waals surface area contributed by atoms with Gasteiger partial charge >= 0.3 is 0 Å². The summed E-state index contributed by atoms with van der Waals surface area (Å²) in [5.41, 5.74) is 3.09. The Balaban J connectivity index is 2.02. The largest absolute Gasteiger partial charge is 0.497 e. The van der Waals surface area contributed by atoms with Crippen molar-refractivity contribution in [3.63, 3.8) is 0 Å². The first-order valence-electron chi connectivity index (χ1n) is 8.75. The van der Waals surface area contributed by atoms with Crippen LogP contribution in [0.25, 0.3) is 0 Å². The molecule has 0 saturated heterocycles. The van der Waals surface area contributed by atoms with Crippen molar-refractivity contribution >= 4 is 40.5 Å². The molecule has 1 aliphatic heterocycles. The Kier molecular flexibility index (Phi) is 5.91. The fraction of sp³-hybridized carbons (Fsp3) is 0.238. The molecule has 0 fully saturated rings. The number of rotatable bonds is 4. The first-order chi connectivity index (χ1) is 13.3. The lowest BCUT2D eigenvalue weighted by Gasteiger charge is -2.42. The SMILES string of the molecule is COc1ccc([C@H]2C(C(=O)Nc3ccc(Cl)cc3)=C(C)N(C)C(=S)N2C)cc1. The molecule has 1 aliphatic rings. The number of ether oxygens (including phenoxy) is 1. The van der Waals surface area contributed by atoms with Crippen LogP contribution in [0, 0.1) is 0 Å². The molecule has 0 bridgehead atoms. The van der Waals surface area contributed by atoms with E-state index in [1.807, 2.05) is 55.1 Å². The summed E-state index contributed by atoms with van der Waals surface area (Å²) in [5, 5.41) is 4.24. The van der Waals surface area contributed by atoms with Gasteiger partial charge in [-0.2, -0.15) is 0 Å². The summed E-state index contributed by atoms with van der Waals surface area (Å²) < 4.78 is 5.26. The van der Waals surface area contributed by atoms with Gasteiger partial charge in [0.15, 0.2) is 5.11 Å². The molecule has 5 nitrogen and oxygen atoms in total. The summed E-state index contributed by atoms with van der Waals surface area (Å²) in [6.45, 7) is 1.91. The van der Waals surface area contributed by atoms with E-state index in [1.165, 1.54) is 0 Å². The van der Waals surface area contributed by atoms with Crippen LogP contribution in [0.3, 0.4) is 0 Å². The first kappa shape index (κ1) is 20.2. The maximum absolute atomic E-state index is 13.2. The Morgan fingerprint density at radius 1 is 1.11 bits per heavy atom. The predicted octanol–water partition coefficient (Wildman–Crippen LogP) is 4.46. The van der Waals surface area contributed by atoms with E-state index in [1.54, 1.807) is 31.4 Å². The number of carbonyl (C=O) groups is 1. The molecule has 2 aromatic carbocycles.